The van der Waals surface area contributed by atoms with E-state index in [-0.39, 0.29) is 12.6 Å². The van der Waals surface area contributed by atoms with Crippen LogP contribution in [0.25, 0.3) is 0 Å². The number of piperidine rings is 1. The number of β-amino-alcohol motifs (C(OH)–C–C–N with tert-alkyl or cyclic N) is 1. The molecule has 1 aliphatic rings. The molecule has 6 nitrogen and oxygen atoms in total. The van der Waals surface area contributed by atoms with Crippen molar-refractivity contribution in [1.29, 1.82) is 0 Å². The Hall–Kier alpha value is -1.30. The lowest BCUT2D eigenvalue weighted by molar-refractivity contribution is -0.141. The van der Waals surface area contributed by atoms with Gasteiger partial charge in [0.15, 0.2) is 0 Å². The van der Waals surface area contributed by atoms with E-state index in [0.717, 1.165) is 6.42 Å². The topological polar surface area (TPSA) is 81.1 Å². The lowest BCUT2D eigenvalue weighted by Gasteiger charge is -2.39. The highest BCUT2D eigenvalue weighted by Gasteiger charge is 2.33. The Morgan fingerprint density at radius 2 is 2.11 bits per heavy atom. The Labute approximate surface area is 114 Å². The van der Waals surface area contributed by atoms with Crippen LogP contribution < -0.4 is 0 Å². The molecule has 1 saturated heterocycles. The summed E-state index contributed by atoms with van der Waals surface area (Å²) in [4.78, 5) is 26.3. The largest absolute Gasteiger partial charge is 0.481 e. The quantitative estimate of drug-likeness (QED) is 0.800. The van der Waals surface area contributed by atoms with Gasteiger partial charge in [-0.1, -0.05) is 6.92 Å². The van der Waals surface area contributed by atoms with E-state index in [2.05, 4.69) is 0 Å². The molecule has 110 valence electrons. The van der Waals surface area contributed by atoms with Gasteiger partial charge in [0.05, 0.1) is 18.1 Å². The highest BCUT2D eigenvalue weighted by molar-refractivity contribution is 5.76. The first-order valence-corrected chi connectivity index (χ1v) is 6.76. The Bertz CT molecular complexity index is 344. The van der Waals surface area contributed by atoms with Crippen LogP contribution in [-0.2, 0) is 4.79 Å². The van der Waals surface area contributed by atoms with Gasteiger partial charge in [-0.15, -0.1) is 0 Å². The maximum Gasteiger partial charge on any atom is 0.320 e. The molecule has 0 aromatic heterocycles. The van der Waals surface area contributed by atoms with Gasteiger partial charge in [0, 0.05) is 19.6 Å². The zero-order valence-electron chi connectivity index (χ0n) is 11.9. The molecule has 0 aliphatic carbocycles. The van der Waals surface area contributed by atoms with Crippen molar-refractivity contribution in [2.75, 3.05) is 26.2 Å². The lowest BCUT2D eigenvalue weighted by atomic mass is 9.95. The normalized spacial score (nSPS) is 24.9. The molecule has 19 heavy (non-hydrogen) atoms. The van der Waals surface area contributed by atoms with Crippen molar-refractivity contribution in [2.45, 2.75) is 39.2 Å². The average Bonchev–Trinajstić information content (AvgIpc) is 2.33. The van der Waals surface area contributed by atoms with Gasteiger partial charge in [0.1, 0.15) is 0 Å². The molecule has 0 aromatic rings. The Morgan fingerprint density at radius 1 is 1.47 bits per heavy atom. The van der Waals surface area contributed by atoms with Crippen molar-refractivity contribution in [3.05, 3.63) is 0 Å². The van der Waals surface area contributed by atoms with Crippen LogP contribution in [0.4, 0.5) is 4.79 Å². The number of nitrogens with zero attached hydrogens (tertiary/aromatic N) is 2. The third-order valence-corrected chi connectivity index (χ3v) is 3.51. The summed E-state index contributed by atoms with van der Waals surface area (Å²) in [6, 6.07) is -0.185. The molecule has 1 aliphatic heterocycles. The molecule has 2 N–H and O–H groups in total. The predicted molar refractivity (Wildman–Crippen MR) is 70.9 cm³/mol. The van der Waals surface area contributed by atoms with Crippen molar-refractivity contribution in [3.8, 4) is 0 Å². The molecular weight excluding hydrogens is 248 g/mol. The van der Waals surface area contributed by atoms with E-state index in [1.54, 1.807) is 18.7 Å². The smallest absolute Gasteiger partial charge is 0.320 e. The standard InChI is InChI=1S/C13H24N2O4/c1-4-14(8-10(2)11(16)17)12(18)15-7-5-6-13(3,19)9-15/h10,19H,4-9H2,1-3H3,(H,16,17). The zero-order chi connectivity index (χ0) is 14.6. The molecule has 0 saturated carbocycles. The molecule has 0 radical (unpaired) electrons. The molecule has 2 unspecified atom stereocenters. The van der Waals surface area contributed by atoms with Crippen LogP contribution >= 0.6 is 0 Å². The third kappa shape index (κ3) is 4.38. The fraction of sp³-hybridized carbons (Fsp3) is 0.846. The van der Waals surface area contributed by atoms with Gasteiger partial charge < -0.3 is 20.0 Å². The van der Waals surface area contributed by atoms with Gasteiger partial charge in [-0.3, -0.25) is 4.79 Å². The maximum atomic E-state index is 12.3. The third-order valence-electron chi connectivity index (χ3n) is 3.51. The predicted octanol–water partition coefficient (Wildman–Crippen LogP) is 0.996. The van der Waals surface area contributed by atoms with Crippen molar-refractivity contribution < 1.29 is 19.8 Å². The number of carboxylic acids is 1. The molecule has 1 fully saturated rings. The van der Waals surface area contributed by atoms with Crippen LogP contribution in [0, 0.1) is 5.92 Å². The van der Waals surface area contributed by atoms with E-state index in [4.69, 9.17) is 5.11 Å². The van der Waals surface area contributed by atoms with Gasteiger partial charge in [0.2, 0.25) is 0 Å². The first kappa shape index (κ1) is 15.8. The van der Waals surface area contributed by atoms with Crippen LogP contribution in [-0.4, -0.2) is 63.8 Å². The number of hydrogen-bond donors (Lipinski definition) is 2. The van der Waals surface area contributed by atoms with Gasteiger partial charge >= 0.3 is 12.0 Å². The Balaban J connectivity index is 2.65. The van der Waals surface area contributed by atoms with Crippen molar-refractivity contribution in [1.82, 2.24) is 9.80 Å². The maximum absolute atomic E-state index is 12.3. The average molecular weight is 272 g/mol. The lowest BCUT2D eigenvalue weighted by Crippen LogP contribution is -2.53. The molecule has 6 heteroatoms. The first-order valence-electron chi connectivity index (χ1n) is 6.76. The van der Waals surface area contributed by atoms with Gasteiger partial charge in [-0.25, -0.2) is 4.79 Å². The van der Waals surface area contributed by atoms with E-state index in [9.17, 15) is 14.7 Å². The summed E-state index contributed by atoms with van der Waals surface area (Å²) in [5, 5.41) is 18.9. The summed E-state index contributed by atoms with van der Waals surface area (Å²) in [6.45, 7) is 6.73. The molecule has 0 spiro atoms. The number of carbonyl (C=O) groups excluding carboxylic acids is 1. The van der Waals surface area contributed by atoms with Gasteiger partial charge in [-0.05, 0) is 26.7 Å². The molecule has 2 atom stereocenters. The summed E-state index contributed by atoms with van der Waals surface area (Å²) in [6.07, 6.45) is 1.46. The number of carboxylic acid groups (broad SMARTS) is 1. The van der Waals surface area contributed by atoms with E-state index in [1.807, 2.05) is 6.92 Å². The van der Waals surface area contributed by atoms with Crippen molar-refractivity contribution in [3.63, 3.8) is 0 Å². The number of aliphatic carboxylic acids is 1. The molecule has 0 aromatic carbocycles. The summed E-state index contributed by atoms with van der Waals surface area (Å²) < 4.78 is 0. The van der Waals surface area contributed by atoms with Crippen LogP contribution in [0.3, 0.4) is 0 Å². The zero-order valence-corrected chi connectivity index (χ0v) is 11.9. The fourth-order valence-corrected chi connectivity index (χ4v) is 2.33. The monoisotopic (exact) mass is 272 g/mol. The summed E-state index contributed by atoms with van der Waals surface area (Å²) in [7, 11) is 0. The molecule has 1 rings (SSSR count). The van der Waals surface area contributed by atoms with E-state index < -0.39 is 17.5 Å². The van der Waals surface area contributed by atoms with Crippen LogP contribution in [0.5, 0.6) is 0 Å². The molecule has 2 amide bonds. The van der Waals surface area contributed by atoms with Crippen molar-refractivity contribution >= 4 is 12.0 Å². The number of carbonyl (C=O) groups is 2. The first-order chi connectivity index (χ1) is 8.76. The highest BCUT2D eigenvalue weighted by Crippen LogP contribution is 2.21. The van der Waals surface area contributed by atoms with Crippen LogP contribution in [0.15, 0.2) is 0 Å². The van der Waals surface area contributed by atoms with E-state index in [0.29, 0.717) is 26.1 Å². The number of urea groups is 1. The second kappa shape index (κ2) is 6.23. The minimum absolute atomic E-state index is 0.185. The fourth-order valence-electron chi connectivity index (χ4n) is 2.33. The molecule has 0 bridgehead atoms. The van der Waals surface area contributed by atoms with Crippen LogP contribution in [0.1, 0.15) is 33.6 Å². The second-order valence-electron chi connectivity index (χ2n) is 5.58. The second-order valence-corrected chi connectivity index (χ2v) is 5.58. The number of aliphatic hydroxyl groups is 1. The van der Waals surface area contributed by atoms with Gasteiger partial charge in [-0.2, -0.15) is 0 Å². The van der Waals surface area contributed by atoms with E-state index >= 15 is 0 Å². The molecule has 1 heterocycles. The van der Waals surface area contributed by atoms with Crippen molar-refractivity contribution in [2.24, 2.45) is 5.92 Å². The number of hydrogen-bond acceptors (Lipinski definition) is 3. The van der Waals surface area contributed by atoms with E-state index in [1.165, 1.54) is 4.90 Å². The van der Waals surface area contributed by atoms with Gasteiger partial charge in [0.25, 0.3) is 0 Å². The van der Waals surface area contributed by atoms with Crippen LogP contribution in [0.2, 0.25) is 0 Å². The number of amides is 2. The summed E-state index contributed by atoms with van der Waals surface area (Å²) >= 11 is 0. The Morgan fingerprint density at radius 3 is 2.58 bits per heavy atom. The summed E-state index contributed by atoms with van der Waals surface area (Å²) in [5.74, 6) is -1.49. The Kier molecular flexibility index (Phi) is 5.17. The summed E-state index contributed by atoms with van der Waals surface area (Å²) in [5.41, 5.74) is -0.842. The highest BCUT2D eigenvalue weighted by atomic mass is 16.4. The number of rotatable bonds is 4. The minimum Gasteiger partial charge on any atom is -0.481 e. The molecular formula is C13H24N2O4. The minimum atomic E-state index is -0.906. The number of likely N-dealkylation sites (tertiary alicyclic amines) is 1. The SMILES string of the molecule is CCN(CC(C)C(=O)O)C(=O)N1CCCC(C)(O)C1.